The highest BCUT2D eigenvalue weighted by Crippen LogP contribution is 2.19. The van der Waals surface area contributed by atoms with E-state index in [2.05, 4.69) is 15.6 Å². The lowest BCUT2D eigenvalue weighted by Gasteiger charge is -2.09. The number of amides is 1. The van der Waals surface area contributed by atoms with Gasteiger partial charge in [-0.2, -0.15) is 5.10 Å². The number of ether oxygens (including phenoxy) is 1. The standard InChI is InChI=1S/C17H20N4O3/c1-23-14-6-4-13(5-7-14)15-12-16(24-20-15)17(22)18-8-2-10-21-11-3-9-19-21/h3-7,9,11,16H,2,8,10,12H2,1H3,(H,18,22). The van der Waals surface area contributed by atoms with Gasteiger partial charge in [0.05, 0.1) is 12.8 Å². The molecular formula is C17H20N4O3. The SMILES string of the molecule is COc1ccc(C2=NOC(C(=O)NCCCn3cccn3)C2)cc1. The number of oxime groups is 1. The lowest BCUT2D eigenvalue weighted by atomic mass is 10.0. The second-order valence-corrected chi connectivity index (χ2v) is 5.48. The zero-order chi connectivity index (χ0) is 16.8. The smallest absolute Gasteiger partial charge is 0.264 e. The Balaban J connectivity index is 1.42. The molecule has 7 nitrogen and oxygen atoms in total. The summed E-state index contributed by atoms with van der Waals surface area (Å²) in [6.45, 7) is 1.35. The molecule has 1 aliphatic heterocycles. The molecule has 0 fully saturated rings. The zero-order valence-corrected chi connectivity index (χ0v) is 13.5. The number of hydrogen-bond acceptors (Lipinski definition) is 5. The van der Waals surface area contributed by atoms with Crippen LogP contribution in [0.25, 0.3) is 0 Å². The predicted octanol–water partition coefficient (Wildman–Crippen LogP) is 1.59. The molecule has 0 saturated heterocycles. The minimum Gasteiger partial charge on any atom is -0.497 e. The molecule has 1 aromatic heterocycles. The molecule has 0 radical (unpaired) electrons. The van der Waals surface area contributed by atoms with Gasteiger partial charge in [-0.1, -0.05) is 5.16 Å². The summed E-state index contributed by atoms with van der Waals surface area (Å²) >= 11 is 0. The lowest BCUT2D eigenvalue weighted by molar-refractivity contribution is -0.131. The molecule has 1 atom stereocenters. The number of hydrogen-bond donors (Lipinski definition) is 1. The summed E-state index contributed by atoms with van der Waals surface area (Å²) in [6, 6.07) is 9.42. The van der Waals surface area contributed by atoms with E-state index >= 15 is 0 Å². The third-order valence-corrected chi connectivity index (χ3v) is 3.81. The van der Waals surface area contributed by atoms with Gasteiger partial charge < -0.3 is 14.9 Å². The van der Waals surface area contributed by atoms with Crippen molar-refractivity contribution in [3.63, 3.8) is 0 Å². The first-order valence-corrected chi connectivity index (χ1v) is 7.88. The average Bonchev–Trinajstić information content (AvgIpc) is 3.30. The highest BCUT2D eigenvalue weighted by atomic mass is 16.6. The highest BCUT2D eigenvalue weighted by molar-refractivity contribution is 6.04. The summed E-state index contributed by atoms with van der Waals surface area (Å²) in [5.41, 5.74) is 1.71. The maximum Gasteiger partial charge on any atom is 0.264 e. The first-order chi connectivity index (χ1) is 11.8. The Hall–Kier alpha value is -2.83. The number of aryl methyl sites for hydroxylation is 1. The van der Waals surface area contributed by atoms with Crippen LogP contribution in [-0.4, -0.2) is 41.2 Å². The molecule has 0 aliphatic carbocycles. The lowest BCUT2D eigenvalue weighted by Crippen LogP contribution is -2.35. The van der Waals surface area contributed by atoms with Crippen LogP contribution in [0.1, 0.15) is 18.4 Å². The van der Waals surface area contributed by atoms with Crippen molar-refractivity contribution in [3.8, 4) is 5.75 Å². The minimum atomic E-state index is -0.563. The summed E-state index contributed by atoms with van der Waals surface area (Å²) in [5.74, 6) is 0.646. The van der Waals surface area contributed by atoms with Crippen molar-refractivity contribution >= 4 is 11.6 Å². The number of carbonyl (C=O) groups excluding carboxylic acids is 1. The second-order valence-electron chi connectivity index (χ2n) is 5.48. The molecule has 0 spiro atoms. The monoisotopic (exact) mass is 328 g/mol. The summed E-state index contributed by atoms with van der Waals surface area (Å²) in [7, 11) is 1.62. The second kappa shape index (κ2) is 7.63. The third-order valence-electron chi connectivity index (χ3n) is 3.81. The number of nitrogens with one attached hydrogen (secondary N) is 1. The summed E-state index contributed by atoms with van der Waals surface area (Å²) in [6.07, 6.45) is 4.36. The van der Waals surface area contributed by atoms with Crippen LogP contribution < -0.4 is 10.1 Å². The van der Waals surface area contributed by atoms with Gasteiger partial charge >= 0.3 is 0 Å². The number of nitrogens with zero attached hydrogens (tertiary/aromatic N) is 3. The maximum atomic E-state index is 12.1. The van der Waals surface area contributed by atoms with Crippen LogP contribution in [0.15, 0.2) is 47.9 Å². The minimum absolute atomic E-state index is 0.136. The molecule has 0 bridgehead atoms. The largest absolute Gasteiger partial charge is 0.497 e. The number of rotatable bonds is 7. The van der Waals surface area contributed by atoms with Crippen molar-refractivity contribution in [1.82, 2.24) is 15.1 Å². The van der Waals surface area contributed by atoms with E-state index in [4.69, 9.17) is 9.57 Å². The maximum absolute atomic E-state index is 12.1. The molecule has 1 aromatic carbocycles. The Morgan fingerprint density at radius 1 is 1.42 bits per heavy atom. The van der Waals surface area contributed by atoms with Crippen LogP contribution in [0.5, 0.6) is 5.75 Å². The van der Waals surface area contributed by atoms with Gasteiger partial charge in [0.25, 0.3) is 5.91 Å². The molecule has 1 amide bonds. The molecule has 24 heavy (non-hydrogen) atoms. The molecule has 7 heteroatoms. The van der Waals surface area contributed by atoms with Crippen LogP contribution in [-0.2, 0) is 16.2 Å². The Kier molecular flexibility index (Phi) is 5.10. The highest BCUT2D eigenvalue weighted by Gasteiger charge is 2.28. The Morgan fingerprint density at radius 2 is 2.25 bits per heavy atom. The van der Waals surface area contributed by atoms with Crippen molar-refractivity contribution < 1.29 is 14.4 Å². The zero-order valence-electron chi connectivity index (χ0n) is 13.5. The van der Waals surface area contributed by atoms with E-state index in [-0.39, 0.29) is 5.91 Å². The van der Waals surface area contributed by atoms with Gasteiger partial charge in [-0.05, 0) is 42.3 Å². The molecular weight excluding hydrogens is 308 g/mol. The first kappa shape index (κ1) is 16.0. The molecule has 0 saturated carbocycles. The van der Waals surface area contributed by atoms with E-state index in [0.29, 0.717) is 13.0 Å². The topological polar surface area (TPSA) is 77.7 Å². The van der Waals surface area contributed by atoms with Crippen LogP contribution in [0.4, 0.5) is 0 Å². The molecule has 3 rings (SSSR count). The number of benzene rings is 1. The van der Waals surface area contributed by atoms with Crippen LogP contribution >= 0.6 is 0 Å². The normalized spacial score (nSPS) is 16.4. The fourth-order valence-electron chi connectivity index (χ4n) is 2.47. The first-order valence-electron chi connectivity index (χ1n) is 7.88. The van der Waals surface area contributed by atoms with E-state index in [1.807, 2.05) is 41.2 Å². The molecule has 126 valence electrons. The van der Waals surface area contributed by atoms with Gasteiger partial charge in [0, 0.05) is 31.9 Å². The van der Waals surface area contributed by atoms with E-state index < -0.39 is 6.10 Å². The van der Waals surface area contributed by atoms with Crippen molar-refractivity contribution in [2.24, 2.45) is 5.16 Å². The van der Waals surface area contributed by atoms with Crippen molar-refractivity contribution in [2.45, 2.75) is 25.5 Å². The van der Waals surface area contributed by atoms with Gasteiger partial charge in [-0.15, -0.1) is 0 Å². The van der Waals surface area contributed by atoms with Gasteiger partial charge in [-0.25, -0.2) is 0 Å². The van der Waals surface area contributed by atoms with E-state index in [1.54, 1.807) is 13.3 Å². The number of methoxy groups -OCH3 is 1. The van der Waals surface area contributed by atoms with Crippen molar-refractivity contribution in [2.75, 3.05) is 13.7 Å². The molecule has 1 unspecified atom stereocenters. The summed E-state index contributed by atoms with van der Waals surface area (Å²) in [5, 5.41) is 11.0. The van der Waals surface area contributed by atoms with Crippen molar-refractivity contribution in [3.05, 3.63) is 48.3 Å². The molecule has 2 heterocycles. The number of carbonyl (C=O) groups is 1. The van der Waals surface area contributed by atoms with Crippen LogP contribution in [0.2, 0.25) is 0 Å². The predicted molar refractivity (Wildman–Crippen MR) is 88.9 cm³/mol. The van der Waals surface area contributed by atoms with E-state index in [9.17, 15) is 4.79 Å². The Morgan fingerprint density at radius 3 is 2.96 bits per heavy atom. The van der Waals surface area contributed by atoms with Crippen LogP contribution in [0.3, 0.4) is 0 Å². The Labute approximate surface area is 140 Å². The summed E-state index contributed by atoms with van der Waals surface area (Å²) in [4.78, 5) is 17.4. The third kappa shape index (κ3) is 3.92. The molecule has 1 N–H and O–H groups in total. The van der Waals surface area contributed by atoms with Gasteiger partial charge in [0.1, 0.15) is 5.75 Å². The average molecular weight is 328 g/mol. The fourth-order valence-corrected chi connectivity index (χ4v) is 2.47. The number of aromatic nitrogens is 2. The van der Waals surface area contributed by atoms with Gasteiger partial charge in [0.2, 0.25) is 6.10 Å². The van der Waals surface area contributed by atoms with E-state index in [1.165, 1.54) is 0 Å². The van der Waals surface area contributed by atoms with Gasteiger partial charge in [0.15, 0.2) is 0 Å². The fraction of sp³-hybridized carbons (Fsp3) is 0.353. The summed E-state index contributed by atoms with van der Waals surface area (Å²) < 4.78 is 6.97. The molecule has 1 aliphatic rings. The van der Waals surface area contributed by atoms with E-state index in [0.717, 1.165) is 30.0 Å². The molecule has 2 aromatic rings. The van der Waals surface area contributed by atoms with Crippen molar-refractivity contribution in [1.29, 1.82) is 0 Å². The van der Waals surface area contributed by atoms with Gasteiger partial charge in [-0.3, -0.25) is 9.48 Å². The quantitative estimate of drug-likeness (QED) is 0.783. The van der Waals surface area contributed by atoms with Crippen LogP contribution in [0, 0.1) is 0 Å². The Bertz CT molecular complexity index is 695.